The molecule has 4 rings (SSSR count). The van der Waals surface area contributed by atoms with Gasteiger partial charge in [-0.1, -0.05) is 62.3 Å². The summed E-state index contributed by atoms with van der Waals surface area (Å²) in [4.78, 5) is 51.0. The quantitative estimate of drug-likeness (QED) is 0.226. The lowest BCUT2D eigenvalue weighted by atomic mass is 10.1. The number of urea groups is 1. The summed E-state index contributed by atoms with van der Waals surface area (Å²) in [6.07, 6.45) is 1.24. The van der Waals surface area contributed by atoms with Crippen LogP contribution < -0.4 is 20.3 Å². The number of imide groups is 2. The van der Waals surface area contributed by atoms with E-state index in [0.717, 1.165) is 9.37 Å². The van der Waals surface area contributed by atoms with E-state index in [9.17, 15) is 19.2 Å². The van der Waals surface area contributed by atoms with Crippen molar-refractivity contribution in [3.63, 3.8) is 0 Å². The molecule has 0 atom stereocenters. The minimum Gasteiger partial charge on any atom is -0.481 e. The highest BCUT2D eigenvalue weighted by Crippen LogP contribution is 2.35. The summed E-state index contributed by atoms with van der Waals surface area (Å²) in [7, 11) is 0. The molecule has 1 aliphatic heterocycles. The number of anilines is 2. The first-order valence-electron chi connectivity index (χ1n) is 10.6. The maximum atomic E-state index is 13.1. The average molecular weight is 658 g/mol. The van der Waals surface area contributed by atoms with Gasteiger partial charge >= 0.3 is 6.03 Å². The van der Waals surface area contributed by atoms with Crippen LogP contribution in [0.25, 0.3) is 6.08 Å². The van der Waals surface area contributed by atoms with Gasteiger partial charge in [-0.05, 0) is 66.2 Å². The van der Waals surface area contributed by atoms with Gasteiger partial charge in [0.1, 0.15) is 5.57 Å². The Morgan fingerprint density at radius 1 is 0.921 bits per heavy atom. The second-order valence-corrected chi connectivity index (χ2v) is 10.3. The van der Waals surface area contributed by atoms with Gasteiger partial charge < -0.3 is 10.1 Å². The van der Waals surface area contributed by atoms with E-state index in [1.54, 1.807) is 30.3 Å². The number of carbonyl (C=O) groups is 4. The molecule has 0 radical (unpaired) electrons. The number of rotatable bonds is 6. The second kappa shape index (κ2) is 11.8. The fourth-order valence-corrected chi connectivity index (χ4v) is 4.53. The van der Waals surface area contributed by atoms with Crippen molar-refractivity contribution in [1.82, 2.24) is 5.32 Å². The Morgan fingerprint density at radius 2 is 1.58 bits per heavy atom. The SMILES string of the molecule is O=C(COc1c(Cl)cc(/C=C2\C(=O)NC(=O)N(c3ccc(Br)cc3)C2=O)cc1Cl)Nc1ccc(Cl)c(Cl)c1. The van der Waals surface area contributed by atoms with Gasteiger partial charge in [0, 0.05) is 10.2 Å². The highest BCUT2D eigenvalue weighted by atomic mass is 79.9. The van der Waals surface area contributed by atoms with Gasteiger partial charge in [-0.25, -0.2) is 9.69 Å². The number of hydrogen-bond acceptors (Lipinski definition) is 5. The van der Waals surface area contributed by atoms with E-state index >= 15 is 0 Å². The summed E-state index contributed by atoms with van der Waals surface area (Å²) < 4.78 is 6.23. The smallest absolute Gasteiger partial charge is 0.335 e. The van der Waals surface area contributed by atoms with Gasteiger partial charge in [-0.3, -0.25) is 19.7 Å². The fourth-order valence-electron chi connectivity index (χ4n) is 3.36. The van der Waals surface area contributed by atoms with Crippen molar-refractivity contribution in [2.75, 3.05) is 16.8 Å². The third-order valence-electron chi connectivity index (χ3n) is 5.07. The standard InChI is InChI=1S/C25H14BrCl4N3O5/c26-13-1-4-15(5-2-13)33-24(36)16(23(35)32-25(33)37)7-12-8-19(29)22(20(30)9-12)38-11-21(34)31-14-3-6-17(27)18(28)10-14/h1-10H,11H2,(H,31,34)(H,32,35,37)/b16-7+. The Bertz CT molecular complexity index is 1490. The van der Waals surface area contributed by atoms with Crippen LogP contribution in [0, 0.1) is 0 Å². The molecule has 0 unspecified atom stereocenters. The molecular formula is C25H14BrCl4N3O5. The molecule has 0 saturated carbocycles. The van der Waals surface area contributed by atoms with Crippen LogP contribution >= 0.6 is 62.3 Å². The Kier molecular flexibility index (Phi) is 8.64. The molecule has 0 spiro atoms. The van der Waals surface area contributed by atoms with Crippen LogP contribution in [0.2, 0.25) is 20.1 Å². The minimum atomic E-state index is -0.876. The summed E-state index contributed by atoms with van der Waals surface area (Å²) >= 11 is 27.7. The first kappa shape index (κ1) is 27.9. The number of hydrogen-bond donors (Lipinski definition) is 2. The molecule has 8 nitrogen and oxygen atoms in total. The highest BCUT2D eigenvalue weighted by Gasteiger charge is 2.36. The van der Waals surface area contributed by atoms with Crippen LogP contribution in [0.15, 0.2) is 64.6 Å². The van der Waals surface area contributed by atoms with Gasteiger partial charge in [0.05, 0.1) is 25.8 Å². The monoisotopic (exact) mass is 655 g/mol. The van der Waals surface area contributed by atoms with Crippen LogP contribution in [-0.2, 0) is 14.4 Å². The first-order valence-corrected chi connectivity index (χ1v) is 12.9. The summed E-state index contributed by atoms with van der Waals surface area (Å²) in [6, 6.07) is 12.9. The summed E-state index contributed by atoms with van der Waals surface area (Å²) in [5.41, 5.74) is 0.664. The topological polar surface area (TPSA) is 105 Å². The number of barbiturate groups is 1. The summed E-state index contributed by atoms with van der Waals surface area (Å²) in [5, 5.41) is 5.40. The molecule has 3 aromatic rings. The summed E-state index contributed by atoms with van der Waals surface area (Å²) in [6.45, 7) is -0.425. The normalized spacial score (nSPS) is 14.5. The number of benzene rings is 3. The number of carbonyl (C=O) groups excluding carboxylic acids is 4. The third-order valence-corrected chi connectivity index (χ3v) is 6.90. The van der Waals surface area contributed by atoms with Crippen molar-refractivity contribution in [3.05, 3.63) is 90.3 Å². The molecule has 1 fully saturated rings. The van der Waals surface area contributed by atoms with E-state index in [0.29, 0.717) is 10.7 Å². The first-order chi connectivity index (χ1) is 18.0. The van der Waals surface area contributed by atoms with E-state index in [1.165, 1.54) is 30.3 Å². The number of amides is 5. The van der Waals surface area contributed by atoms with Crippen molar-refractivity contribution >= 4 is 104 Å². The van der Waals surface area contributed by atoms with Crippen molar-refractivity contribution in [1.29, 1.82) is 0 Å². The number of nitrogens with one attached hydrogen (secondary N) is 2. The zero-order valence-electron chi connectivity index (χ0n) is 18.9. The molecule has 38 heavy (non-hydrogen) atoms. The molecule has 1 heterocycles. The van der Waals surface area contributed by atoms with Crippen LogP contribution in [0.4, 0.5) is 16.2 Å². The highest BCUT2D eigenvalue weighted by molar-refractivity contribution is 9.10. The summed E-state index contributed by atoms with van der Waals surface area (Å²) in [5.74, 6) is -2.19. The van der Waals surface area contributed by atoms with Crippen molar-refractivity contribution in [3.8, 4) is 5.75 Å². The zero-order chi connectivity index (χ0) is 27.6. The number of ether oxygens (including phenoxy) is 1. The average Bonchev–Trinajstić information content (AvgIpc) is 2.84. The predicted octanol–water partition coefficient (Wildman–Crippen LogP) is 6.75. The fraction of sp³-hybridized carbons (Fsp3) is 0.0400. The van der Waals surface area contributed by atoms with Crippen LogP contribution in [0.3, 0.4) is 0 Å². The molecule has 1 saturated heterocycles. The van der Waals surface area contributed by atoms with E-state index < -0.39 is 30.4 Å². The molecular weight excluding hydrogens is 644 g/mol. The molecule has 13 heteroatoms. The van der Waals surface area contributed by atoms with Crippen LogP contribution in [-0.4, -0.2) is 30.4 Å². The maximum Gasteiger partial charge on any atom is 0.335 e. The lowest BCUT2D eigenvalue weighted by molar-refractivity contribution is -0.122. The van der Waals surface area contributed by atoms with Crippen LogP contribution in [0.5, 0.6) is 5.75 Å². The predicted molar refractivity (Wildman–Crippen MR) is 150 cm³/mol. The van der Waals surface area contributed by atoms with E-state index in [4.69, 9.17) is 51.1 Å². The second-order valence-electron chi connectivity index (χ2n) is 7.71. The molecule has 1 aliphatic rings. The Labute approximate surface area is 244 Å². The van der Waals surface area contributed by atoms with Crippen molar-refractivity contribution in [2.24, 2.45) is 0 Å². The molecule has 2 N–H and O–H groups in total. The molecule has 194 valence electrons. The van der Waals surface area contributed by atoms with Gasteiger partial charge in [-0.2, -0.15) is 0 Å². The van der Waals surface area contributed by atoms with Gasteiger partial charge in [0.15, 0.2) is 12.4 Å². The molecule has 0 aliphatic carbocycles. The third kappa shape index (κ3) is 6.31. The van der Waals surface area contributed by atoms with E-state index in [-0.39, 0.29) is 37.6 Å². The van der Waals surface area contributed by atoms with Gasteiger partial charge in [0.25, 0.3) is 17.7 Å². The Morgan fingerprint density at radius 3 is 2.21 bits per heavy atom. The van der Waals surface area contributed by atoms with Crippen LogP contribution in [0.1, 0.15) is 5.56 Å². The maximum absolute atomic E-state index is 13.1. The molecule has 0 bridgehead atoms. The van der Waals surface area contributed by atoms with Gasteiger partial charge in [-0.15, -0.1) is 0 Å². The zero-order valence-corrected chi connectivity index (χ0v) is 23.5. The van der Waals surface area contributed by atoms with Gasteiger partial charge in [0.2, 0.25) is 0 Å². The minimum absolute atomic E-state index is 0.0193. The Balaban J connectivity index is 1.51. The van der Waals surface area contributed by atoms with E-state index in [1.807, 2.05) is 0 Å². The largest absolute Gasteiger partial charge is 0.481 e. The number of nitrogens with zero attached hydrogens (tertiary/aromatic N) is 1. The Hall–Kier alpha value is -3.08. The van der Waals surface area contributed by atoms with Crippen molar-refractivity contribution < 1.29 is 23.9 Å². The lowest BCUT2D eigenvalue weighted by Gasteiger charge is -2.26. The molecule has 5 amide bonds. The van der Waals surface area contributed by atoms with E-state index in [2.05, 4.69) is 26.6 Å². The van der Waals surface area contributed by atoms with Crippen molar-refractivity contribution in [2.45, 2.75) is 0 Å². The molecule has 3 aromatic carbocycles. The lowest BCUT2D eigenvalue weighted by Crippen LogP contribution is -2.54. The molecule has 0 aromatic heterocycles. The number of halogens is 5.